The zero-order valence-electron chi connectivity index (χ0n) is 18.2. The van der Waals surface area contributed by atoms with E-state index < -0.39 is 0 Å². The molecule has 31 heavy (non-hydrogen) atoms. The molecule has 1 atom stereocenters. The van der Waals surface area contributed by atoms with Crippen molar-refractivity contribution in [2.24, 2.45) is 11.7 Å². The Kier molecular flexibility index (Phi) is 7.46. The topological polar surface area (TPSA) is 81.2 Å². The zero-order valence-corrected chi connectivity index (χ0v) is 19.0. The summed E-state index contributed by atoms with van der Waals surface area (Å²) in [4.78, 5) is 32.8. The summed E-state index contributed by atoms with van der Waals surface area (Å²) in [6.45, 7) is 6.96. The van der Waals surface area contributed by atoms with Gasteiger partial charge < -0.3 is 10.6 Å². The molecule has 1 amide bonds. The molecule has 0 aliphatic carbocycles. The van der Waals surface area contributed by atoms with Gasteiger partial charge in [-0.3, -0.25) is 14.2 Å². The van der Waals surface area contributed by atoms with E-state index in [1.54, 1.807) is 34.6 Å². The highest BCUT2D eigenvalue weighted by Gasteiger charge is 2.30. The number of hydrogen-bond donors (Lipinski definition) is 1. The Balaban J connectivity index is 2.26. The van der Waals surface area contributed by atoms with Crippen molar-refractivity contribution in [1.82, 2.24) is 14.5 Å². The lowest BCUT2D eigenvalue weighted by molar-refractivity contribution is -0.132. The Morgan fingerprint density at radius 1 is 1.19 bits per heavy atom. The minimum atomic E-state index is -0.371. The van der Waals surface area contributed by atoms with Crippen molar-refractivity contribution in [1.29, 1.82) is 0 Å². The van der Waals surface area contributed by atoms with Crippen molar-refractivity contribution in [2.75, 3.05) is 13.1 Å². The molecule has 7 heteroatoms. The van der Waals surface area contributed by atoms with Crippen LogP contribution in [0.25, 0.3) is 10.9 Å². The van der Waals surface area contributed by atoms with Gasteiger partial charge in [0.25, 0.3) is 5.56 Å². The van der Waals surface area contributed by atoms with Gasteiger partial charge in [0, 0.05) is 18.5 Å². The molecule has 1 heterocycles. The predicted molar refractivity (Wildman–Crippen MR) is 125 cm³/mol. The third kappa shape index (κ3) is 5.14. The second-order valence-corrected chi connectivity index (χ2v) is 8.49. The molecule has 6 nitrogen and oxygen atoms in total. The molecule has 2 N–H and O–H groups in total. The van der Waals surface area contributed by atoms with E-state index in [0.29, 0.717) is 47.8 Å². The molecule has 0 bridgehead atoms. The minimum Gasteiger partial charge on any atom is -0.332 e. The average molecular weight is 441 g/mol. The van der Waals surface area contributed by atoms with E-state index in [1.807, 2.05) is 44.2 Å². The fourth-order valence-electron chi connectivity index (χ4n) is 3.91. The van der Waals surface area contributed by atoms with E-state index in [4.69, 9.17) is 22.3 Å². The average Bonchev–Trinajstić information content (AvgIpc) is 2.73. The third-order valence-electron chi connectivity index (χ3n) is 5.37. The van der Waals surface area contributed by atoms with Crippen molar-refractivity contribution in [2.45, 2.75) is 39.8 Å². The Hall–Kier alpha value is -2.70. The molecule has 0 fully saturated rings. The van der Waals surface area contributed by atoms with Crippen molar-refractivity contribution in [3.05, 3.63) is 75.3 Å². The van der Waals surface area contributed by atoms with E-state index in [0.717, 1.165) is 5.56 Å². The normalized spacial score (nSPS) is 12.3. The first-order valence-corrected chi connectivity index (χ1v) is 10.9. The third-order valence-corrected chi connectivity index (χ3v) is 5.60. The lowest BCUT2D eigenvalue weighted by Gasteiger charge is -2.34. The second-order valence-electron chi connectivity index (χ2n) is 8.05. The number of amides is 1. The Morgan fingerprint density at radius 3 is 2.52 bits per heavy atom. The fourth-order valence-corrected chi connectivity index (χ4v) is 4.07. The molecule has 164 valence electrons. The summed E-state index contributed by atoms with van der Waals surface area (Å²) in [5, 5.41) is 1.02. The zero-order chi connectivity index (χ0) is 22.5. The van der Waals surface area contributed by atoms with Gasteiger partial charge in [-0.25, -0.2) is 4.98 Å². The maximum atomic E-state index is 13.6. The number of carbonyl (C=O) groups excluding carboxylic acids is 1. The van der Waals surface area contributed by atoms with E-state index >= 15 is 0 Å². The van der Waals surface area contributed by atoms with Crippen LogP contribution in [0.2, 0.25) is 5.02 Å². The molecule has 0 aliphatic rings. The van der Waals surface area contributed by atoms with Crippen LogP contribution in [-0.2, 0) is 11.3 Å². The first-order valence-electron chi connectivity index (χ1n) is 10.5. The second kappa shape index (κ2) is 10.1. The number of hydrogen-bond acceptors (Lipinski definition) is 4. The van der Waals surface area contributed by atoms with Crippen LogP contribution >= 0.6 is 11.6 Å². The molecule has 3 rings (SSSR count). The molecule has 1 unspecified atom stereocenters. The monoisotopic (exact) mass is 440 g/mol. The summed E-state index contributed by atoms with van der Waals surface area (Å²) < 4.78 is 1.69. The van der Waals surface area contributed by atoms with E-state index in [-0.39, 0.29) is 23.4 Å². The highest BCUT2D eigenvalue weighted by Crippen LogP contribution is 2.29. The quantitative estimate of drug-likeness (QED) is 0.574. The number of nitrogens with zero attached hydrogens (tertiary/aromatic N) is 3. The van der Waals surface area contributed by atoms with Crippen molar-refractivity contribution in [3.8, 4) is 0 Å². The summed E-state index contributed by atoms with van der Waals surface area (Å²) >= 11 is 6.19. The summed E-state index contributed by atoms with van der Waals surface area (Å²) in [5.74, 6) is 0.525. The molecular formula is C24H29ClN4O2. The van der Waals surface area contributed by atoms with Crippen LogP contribution in [0, 0.1) is 5.92 Å². The molecule has 0 radical (unpaired) electrons. The van der Waals surface area contributed by atoms with Gasteiger partial charge in [0.15, 0.2) is 0 Å². The highest BCUT2D eigenvalue weighted by atomic mass is 35.5. The highest BCUT2D eigenvalue weighted by molar-refractivity contribution is 6.31. The van der Waals surface area contributed by atoms with Crippen LogP contribution in [0.15, 0.2) is 53.3 Å². The van der Waals surface area contributed by atoms with Gasteiger partial charge in [0.2, 0.25) is 5.91 Å². The summed E-state index contributed by atoms with van der Waals surface area (Å²) in [7, 11) is 0. The maximum Gasteiger partial charge on any atom is 0.261 e. The first kappa shape index (κ1) is 23.0. The van der Waals surface area contributed by atoms with Crippen molar-refractivity contribution >= 4 is 28.4 Å². The molecular weight excluding hydrogens is 412 g/mol. The first-order chi connectivity index (χ1) is 14.8. The van der Waals surface area contributed by atoms with Gasteiger partial charge in [-0.15, -0.1) is 0 Å². The number of fused-ring (bicyclic) bond motifs is 1. The number of nitrogens with two attached hydrogens (primary N) is 1. The van der Waals surface area contributed by atoms with Crippen LogP contribution in [0.3, 0.4) is 0 Å². The number of carbonyl (C=O) groups is 1. The smallest absolute Gasteiger partial charge is 0.261 e. The van der Waals surface area contributed by atoms with Crippen molar-refractivity contribution < 1.29 is 4.79 Å². The van der Waals surface area contributed by atoms with Crippen LogP contribution < -0.4 is 11.3 Å². The van der Waals surface area contributed by atoms with E-state index in [9.17, 15) is 9.59 Å². The largest absolute Gasteiger partial charge is 0.332 e. The predicted octanol–water partition coefficient (Wildman–Crippen LogP) is 3.99. The number of benzene rings is 2. The SMILES string of the molecule is CC(=O)N(CCCN)C(c1nc2cc(Cl)ccc2c(=O)n1Cc1ccccc1)C(C)C. The summed E-state index contributed by atoms with van der Waals surface area (Å²) in [5.41, 5.74) is 7.09. The maximum absolute atomic E-state index is 13.6. The molecule has 0 saturated carbocycles. The van der Waals surface area contributed by atoms with Gasteiger partial charge in [-0.2, -0.15) is 0 Å². The number of halogens is 1. The van der Waals surface area contributed by atoms with Gasteiger partial charge >= 0.3 is 0 Å². The Morgan fingerprint density at radius 2 is 1.90 bits per heavy atom. The summed E-state index contributed by atoms with van der Waals surface area (Å²) in [6, 6.07) is 14.5. The number of rotatable bonds is 8. The van der Waals surface area contributed by atoms with E-state index in [2.05, 4.69) is 0 Å². The van der Waals surface area contributed by atoms with Gasteiger partial charge in [0.05, 0.1) is 23.5 Å². The van der Waals surface area contributed by atoms with Gasteiger partial charge in [0.1, 0.15) is 5.82 Å². The van der Waals surface area contributed by atoms with Crippen LogP contribution in [0.5, 0.6) is 0 Å². The Bertz CT molecular complexity index is 1110. The molecule has 3 aromatic rings. The molecule has 0 aliphatic heterocycles. The van der Waals surface area contributed by atoms with E-state index in [1.165, 1.54) is 0 Å². The summed E-state index contributed by atoms with van der Waals surface area (Å²) in [6.07, 6.45) is 0.672. The van der Waals surface area contributed by atoms with Crippen LogP contribution in [0.1, 0.15) is 44.6 Å². The molecule has 1 aromatic heterocycles. The molecule has 2 aromatic carbocycles. The van der Waals surface area contributed by atoms with Crippen molar-refractivity contribution in [3.63, 3.8) is 0 Å². The standard InChI is InChI=1S/C24H29ClN4O2/c1-16(2)22(28(17(3)30)13-7-12-26)23-27-21-14-19(25)10-11-20(21)24(31)29(23)15-18-8-5-4-6-9-18/h4-6,8-11,14,16,22H,7,12-13,15,26H2,1-3H3. The minimum absolute atomic E-state index is 0.0345. The lowest BCUT2D eigenvalue weighted by Crippen LogP contribution is -2.41. The molecule has 0 saturated heterocycles. The Labute approximate surface area is 187 Å². The van der Waals surface area contributed by atoms with Crippen LogP contribution in [-0.4, -0.2) is 33.4 Å². The van der Waals surface area contributed by atoms with Gasteiger partial charge in [-0.05, 0) is 42.6 Å². The number of aromatic nitrogens is 2. The van der Waals surface area contributed by atoms with Gasteiger partial charge in [-0.1, -0.05) is 55.8 Å². The fraction of sp³-hybridized carbons (Fsp3) is 0.375. The lowest BCUT2D eigenvalue weighted by atomic mass is 10.00. The molecule has 0 spiro atoms. The van der Waals surface area contributed by atoms with Crippen LogP contribution in [0.4, 0.5) is 0 Å².